The van der Waals surface area contributed by atoms with Crippen LogP contribution >= 0.6 is 11.6 Å². The highest BCUT2D eigenvalue weighted by Crippen LogP contribution is 2.21. The third kappa shape index (κ3) is 4.85. The van der Waals surface area contributed by atoms with Gasteiger partial charge in [0.25, 0.3) is 5.91 Å². The normalized spacial score (nSPS) is 10.4. The SMILES string of the molecule is CCOC(=O)c1c(C)[nH]c(C(=O)OCC(=O)Nc2cc(Cl)ccc2F)c1C. The van der Waals surface area contributed by atoms with Crippen molar-refractivity contribution >= 4 is 35.1 Å². The Hall–Kier alpha value is -2.87. The van der Waals surface area contributed by atoms with Gasteiger partial charge in [-0.15, -0.1) is 0 Å². The molecule has 0 unspecified atom stereocenters. The zero-order chi connectivity index (χ0) is 20.1. The molecule has 1 aromatic carbocycles. The largest absolute Gasteiger partial charge is 0.462 e. The van der Waals surface area contributed by atoms with Gasteiger partial charge in [0.15, 0.2) is 6.61 Å². The minimum atomic E-state index is -0.826. The van der Waals surface area contributed by atoms with Crippen LogP contribution in [0.5, 0.6) is 0 Å². The number of anilines is 1. The highest BCUT2D eigenvalue weighted by molar-refractivity contribution is 6.30. The molecule has 0 saturated heterocycles. The fourth-order valence-electron chi connectivity index (χ4n) is 2.45. The zero-order valence-corrected chi connectivity index (χ0v) is 15.7. The summed E-state index contributed by atoms with van der Waals surface area (Å²) in [6.45, 7) is 4.41. The number of esters is 2. The van der Waals surface area contributed by atoms with Crippen molar-refractivity contribution in [3.05, 3.63) is 51.6 Å². The molecular formula is C18H18ClFN2O5. The Balaban J connectivity index is 2.03. The lowest BCUT2D eigenvalue weighted by atomic mass is 10.1. The van der Waals surface area contributed by atoms with Gasteiger partial charge >= 0.3 is 11.9 Å². The standard InChI is InChI=1S/C18H18ClFN2O5/c1-4-26-17(24)15-9(2)16(21-10(15)3)18(25)27-8-14(23)22-13-7-11(19)5-6-12(13)20/h5-7,21H,4,8H2,1-3H3,(H,22,23). The van der Waals surface area contributed by atoms with Crippen molar-refractivity contribution in [3.8, 4) is 0 Å². The van der Waals surface area contributed by atoms with E-state index in [0.29, 0.717) is 11.3 Å². The van der Waals surface area contributed by atoms with Gasteiger partial charge in [0.05, 0.1) is 17.9 Å². The van der Waals surface area contributed by atoms with Crippen LogP contribution in [-0.4, -0.2) is 36.0 Å². The smallest absolute Gasteiger partial charge is 0.355 e. The molecule has 2 rings (SSSR count). The number of aromatic amines is 1. The van der Waals surface area contributed by atoms with E-state index in [2.05, 4.69) is 10.3 Å². The van der Waals surface area contributed by atoms with Crippen molar-refractivity contribution in [2.75, 3.05) is 18.5 Å². The highest BCUT2D eigenvalue weighted by Gasteiger charge is 2.24. The summed E-state index contributed by atoms with van der Waals surface area (Å²) >= 11 is 5.75. The molecule has 0 spiro atoms. The summed E-state index contributed by atoms with van der Waals surface area (Å²) in [5, 5.41) is 2.51. The van der Waals surface area contributed by atoms with Crippen LogP contribution in [0.25, 0.3) is 0 Å². The molecule has 144 valence electrons. The lowest BCUT2D eigenvalue weighted by Crippen LogP contribution is -2.22. The number of aromatic nitrogens is 1. The topological polar surface area (TPSA) is 97.5 Å². The fraction of sp³-hybridized carbons (Fsp3) is 0.278. The highest BCUT2D eigenvalue weighted by atomic mass is 35.5. The first-order valence-electron chi connectivity index (χ1n) is 8.02. The molecule has 0 saturated carbocycles. The van der Waals surface area contributed by atoms with E-state index in [-0.39, 0.29) is 28.6 Å². The number of nitrogens with one attached hydrogen (secondary N) is 2. The minimum Gasteiger partial charge on any atom is -0.462 e. The van der Waals surface area contributed by atoms with Crippen LogP contribution in [0.4, 0.5) is 10.1 Å². The summed E-state index contributed by atoms with van der Waals surface area (Å²) in [6.07, 6.45) is 0. The van der Waals surface area contributed by atoms with Crippen molar-refractivity contribution in [3.63, 3.8) is 0 Å². The summed E-state index contributed by atoms with van der Waals surface area (Å²) < 4.78 is 23.5. The molecule has 1 aromatic heterocycles. The van der Waals surface area contributed by atoms with Gasteiger partial charge in [0, 0.05) is 10.7 Å². The predicted molar refractivity (Wildman–Crippen MR) is 96.5 cm³/mol. The number of hydrogen-bond acceptors (Lipinski definition) is 5. The van der Waals surface area contributed by atoms with Crippen molar-refractivity contribution in [1.29, 1.82) is 0 Å². The number of ether oxygens (including phenoxy) is 2. The van der Waals surface area contributed by atoms with Crippen LogP contribution in [0.3, 0.4) is 0 Å². The zero-order valence-electron chi connectivity index (χ0n) is 14.9. The number of amides is 1. The number of carbonyl (C=O) groups excluding carboxylic acids is 3. The molecule has 9 heteroatoms. The average Bonchev–Trinajstić information content (AvgIpc) is 2.91. The lowest BCUT2D eigenvalue weighted by Gasteiger charge is -2.08. The Bertz CT molecular complexity index is 894. The van der Waals surface area contributed by atoms with Crippen LogP contribution in [-0.2, 0) is 14.3 Å². The first kappa shape index (κ1) is 20.4. The van der Waals surface area contributed by atoms with Gasteiger partial charge in [-0.05, 0) is 44.5 Å². The van der Waals surface area contributed by atoms with Crippen molar-refractivity contribution < 1.29 is 28.2 Å². The molecule has 7 nitrogen and oxygen atoms in total. The van der Waals surface area contributed by atoms with E-state index in [1.807, 2.05) is 0 Å². The summed E-state index contributed by atoms with van der Waals surface area (Å²) in [7, 11) is 0. The molecule has 0 atom stereocenters. The van der Waals surface area contributed by atoms with Crippen molar-refractivity contribution in [2.45, 2.75) is 20.8 Å². The summed E-state index contributed by atoms with van der Waals surface area (Å²) in [6, 6.07) is 3.68. The maximum absolute atomic E-state index is 13.6. The molecule has 0 aliphatic rings. The van der Waals surface area contributed by atoms with Gasteiger partial charge in [0.1, 0.15) is 11.5 Å². The molecule has 0 fully saturated rings. The first-order valence-corrected chi connectivity index (χ1v) is 8.40. The average molecular weight is 397 g/mol. The van der Waals surface area contributed by atoms with E-state index in [0.717, 1.165) is 6.07 Å². The second kappa shape index (κ2) is 8.68. The van der Waals surface area contributed by atoms with Crippen LogP contribution in [0.1, 0.15) is 39.0 Å². The summed E-state index contributed by atoms with van der Waals surface area (Å²) in [5.74, 6) is -2.80. The molecule has 27 heavy (non-hydrogen) atoms. The number of H-pyrrole nitrogens is 1. The second-order valence-electron chi connectivity index (χ2n) is 5.59. The Kier molecular flexibility index (Phi) is 6.57. The summed E-state index contributed by atoms with van der Waals surface area (Å²) in [4.78, 5) is 38.8. The maximum atomic E-state index is 13.6. The van der Waals surface area contributed by atoms with Gasteiger partial charge in [0.2, 0.25) is 0 Å². The van der Waals surface area contributed by atoms with Gasteiger partial charge in [-0.1, -0.05) is 11.6 Å². The molecular weight excluding hydrogens is 379 g/mol. The predicted octanol–water partition coefficient (Wildman–Crippen LogP) is 3.40. The number of aryl methyl sites for hydroxylation is 1. The second-order valence-corrected chi connectivity index (χ2v) is 6.03. The van der Waals surface area contributed by atoms with E-state index >= 15 is 0 Å². The number of hydrogen-bond donors (Lipinski definition) is 2. The van der Waals surface area contributed by atoms with E-state index < -0.39 is 30.3 Å². The quantitative estimate of drug-likeness (QED) is 0.729. The van der Waals surface area contributed by atoms with Gasteiger partial charge in [-0.2, -0.15) is 0 Å². The molecule has 2 aromatic rings. The Labute approximate surface area is 159 Å². The molecule has 0 bridgehead atoms. The van der Waals surface area contributed by atoms with Crippen molar-refractivity contribution in [1.82, 2.24) is 4.98 Å². The molecule has 0 aliphatic carbocycles. The van der Waals surface area contributed by atoms with E-state index in [1.54, 1.807) is 20.8 Å². The van der Waals surface area contributed by atoms with Crippen LogP contribution in [0, 0.1) is 19.7 Å². The number of halogens is 2. The molecule has 0 aliphatic heterocycles. The Morgan fingerprint density at radius 3 is 2.56 bits per heavy atom. The monoisotopic (exact) mass is 396 g/mol. The Morgan fingerprint density at radius 2 is 1.89 bits per heavy atom. The molecule has 0 radical (unpaired) electrons. The van der Waals surface area contributed by atoms with Gasteiger partial charge < -0.3 is 19.8 Å². The summed E-state index contributed by atoms with van der Waals surface area (Å²) in [5.41, 5.74) is 0.965. The first-order chi connectivity index (χ1) is 12.7. The van der Waals surface area contributed by atoms with E-state index in [9.17, 15) is 18.8 Å². The van der Waals surface area contributed by atoms with E-state index in [4.69, 9.17) is 21.1 Å². The molecule has 2 N–H and O–H groups in total. The third-order valence-electron chi connectivity index (χ3n) is 3.66. The van der Waals surface area contributed by atoms with Gasteiger partial charge in [-0.25, -0.2) is 14.0 Å². The van der Waals surface area contributed by atoms with E-state index in [1.165, 1.54) is 12.1 Å². The third-order valence-corrected chi connectivity index (χ3v) is 3.89. The number of benzene rings is 1. The van der Waals surface area contributed by atoms with Crippen LogP contribution in [0.2, 0.25) is 5.02 Å². The van der Waals surface area contributed by atoms with Crippen molar-refractivity contribution in [2.24, 2.45) is 0 Å². The maximum Gasteiger partial charge on any atom is 0.355 e. The van der Waals surface area contributed by atoms with Crippen LogP contribution < -0.4 is 5.32 Å². The number of rotatable bonds is 6. The molecule has 1 amide bonds. The fourth-order valence-corrected chi connectivity index (χ4v) is 2.62. The Morgan fingerprint density at radius 1 is 1.19 bits per heavy atom. The minimum absolute atomic E-state index is 0.0392. The van der Waals surface area contributed by atoms with Gasteiger partial charge in [-0.3, -0.25) is 4.79 Å². The molecule has 1 heterocycles. The van der Waals surface area contributed by atoms with Crippen LogP contribution in [0.15, 0.2) is 18.2 Å². The lowest BCUT2D eigenvalue weighted by molar-refractivity contribution is -0.119. The number of carbonyl (C=O) groups is 3.